The summed E-state index contributed by atoms with van der Waals surface area (Å²) in [6.07, 6.45) is 2.35. The Hall–Kier alpha value is -1.42. The first kappa shape index (κ1) is 8.19. The van der Waals surface area contributed by atoms with Gasteiger partial charge in [-0.2, -0.15) is 0 Å². The third-order valence-electron chi connectivity index (χ3n) is 1.68. The van der Waals surface area contributed by atoms with Gasteiger partial charge in [0, 0.05) is 4.88 Å². The van der Waals surface area contributed by atoms with E-state index in [2.05, 4.69) is 4.98 Å². The fraction of sp³-hybridized carbons (Fsp3) is 0.111. The van der Waals surface area contributed by atoms with Gasteiger partial charge in [-0.15, -0.1) is 11.3 Å². The Morgan fingerprint density at radius 3 is 3.00 bits per heavy atom. The van der Waals surface area contributed by atoms with E-state index < -0.39 is 0 Å². The SMILES string of the molecule is Cc1sc(-c2ccco2)nc1C=O. The van der Waals surface area contributed by atoms with Crippen LogP contribution in [0.15, 0.2) is 22.8 Å². The number of hydrogen-bond acceptors (Lipinski definition) is 4. The van der Waals surface area contributed by atoms with Gasteiger partial charge in [0.05, 0.1) is 6.26 Å². The number of aryl methyl sites for hydroxylation is 1. The van der Waals surface area contributed by atoms with Crippen molar-refractivity contribution < 1.29 is 9.21 Å². The lowest BCUT2D eigenvalue weighted by Crippen LogP contribution is -1.81. The summed E-state index contributed by atoms with van der Waals surface area (Å²) in [5.74, 6) is 0.709. The molecule has 0 spiro atoms. The zero-order chi connectivity index (χ0) is 9.26. The summed E-state index contributed by atoms with van der Waals surface area (Å²) in [4.78, 5) is 15.6. The molecule has 2 rings (SSSR count). The number of rotatable bonds is 2. The maximum atomic E-state index is 10.5. The number of furan rings is 1. The molecule has 0 aliphatic rings. The van der Waals surface area contributed by atoms with Gasteiger partial charge in [0.15, 0.2) is 17.1 Å². The van der Waals surface area contributed by atoms with Crippen molar-refractivity contribution in [2.24, 2.45) is 0 Å². The molecule has 0 aliphatic carbocycles. The predicted octanol–water partition coefficient (Wildman–Crippen LogP) is 2.52. The standard InChI is InChI=1S/C9H7NO2S/c1-6-7(5-11)10-9(13-6)8-3-2-4-12-8/h2-5H,1H3. The minimum Gasteiger partial charge on any atom is -0.462 e. The lowest BCUT2D eigenvalue weighted by atomic mass is 10.4. The Balaban J connectivity index is 2.48. The Kier molecular flexibility index (Phi) is 1.98. The first-order valence-corrected chi connectivity index (χ1v) is 4.59. The molecule has 3 nitrogen and oxygen atoms in total. The third-order valence-corrected chi connectivity index (χ3v) is 2.68. The summed E-state index contributed by atoms with van der Waals surface area (Å²) in [5, 5.41) is 0.754. The van der Waals surface area contributed by atoms with Gasteiger partial charge in [-0.1, -0.05) is 0 Å². The highest BCUT2D eigenvalue weighted by Gasteiger charge is 2.09. The highest BCUT2D eigenvalue weighted by molar-refractivity contribution is 7.15. The highest BCUT2D eigenvalue weighted by atomic mass is 32.1. The summed E-state index contributed by atoms with van der Waals surface area (Å²) >= 11 is 1.46. The van der Waals surface area contributed by atoms with Crippen molar-refractivity contribution >= 4 is 17.6 Å². The Labute approximate surface area is 79.0 Å². The van der Waals surface area contributed by atoms with Crippen LogP contribution in [0.1, 0.15) is 15.4 Å². The van der Waals surface area contributed by atoms with Gasteiger partial charge in [-0.05, 0) is 19.1 Å². The number of aldehydes is 1. The van der Waals surface area contributed by atoms with Gasteiger partial charge in [-0.3, -0.25) is 4.79 Å². The highest BCUT2D eigenvalue weighted by Crippen LogP contribution is 2.26. The Morgan fingerprint density at radius 1 is 1.62 bits per heavy atom. The summed E-state index contributed by atoms with van der Waals surface area (Å²) in [5.41, 5.74) is 0.497. The molecule has 0 saturated carbocycles. The predicted molar refractivity (Wildman–Crippen MR) is 49.9 cm³/mol. The average Bonchev–Trinajstić information content (AvgIpc) is 2.71. The fourth-order valence-electron chi connectivity index (χ4n) is 1.02. The molecule has 4 heteroatoms. The van der Waals surface area contributed by atoms with Crippen LogP contribution in [0.4, 0.5) is 0 Å². The maximum absolute atomic E-state index is 10.5. The van der Waals surface area contributed by atoms with Crippen molar-refractivity contribution in [2.75, 3.05) is 0 Å². The lowest BCUT2D eigenvalue weighted by molar-refractivity contribution is 0.111. The van der Waals surface area contributed by atoms with Crippen LogP contribution >= 0.6 is 11.3 Å². The van der Waals surface area contributed by atoms with Crippen LogP contribution in [-0.4, -0.2) is 11.3 Å². The zero-order valence-electron chi connectivity index (χ0n) is 6.98. The van der Waals surface area contributed by atoms with Crippen molar-refractivity contribution in [3.63, 3.8) is 0 Å². The van der Waals surface area contributed by atoms with E-state index in [9.17, 15) is 4.79 Å². The summed E-state index contributed by atoms with van der Waals surface area (Å²) < 4.78 is 5.16. The van der Waals surface area contributed by atoms with Crippen LogP contribution in [0.3, 0.4) is 0 Å². The molecular weight excluding hydrogens is 186 g/mol. The molecule has 0 amide bonds. The summed E-state index contributed by atoms with van der Waals surface area (Å²) in [6.45, 7) is 1.87. The van der Waals surface area contributed by atoms with E-state index in [1.54, 1.807) is 12.3 Å². The first-order chi connectivity index (χ1) is 6.31. The lowest BCUT2D eigenvalue weighted by Gasteiger charge is -1.84. The Bertz CT molecular complexity index is 417. The second kappa shape index (κ2) is 3.14. The van der Waals surface area contributed by atoms with Gasteiger partial charge in [0.25, 0.3) is 0 Å². The van der Waals surface area contributed by atoms with Crippen LogP contribution in [-0.2, 0) is 0 Å². The van der Waals surface area contributed by atoms with Gasteiger partial charge < -0.3 is 4.42 Å². The fourth-order valence-corrected chi connectivity index (χ4v) is 1.87. The number of thiazole rings is 1. The van der Waals surface area contributed by atoms with Gasteiger partial charge in [-0.25, -0.2) is 4.98 Å². The molecule has 0 unspecified atom stereocenters. The van der Waals surface area contributed by atoms with Crippen molar-refractivity contribution in [3.05, 3.63) is 29.0 Å². The molecule has 0 bridgehead atoms. The number of carbonyl (C=O) groups excluding carboxylic acids is 1. The van der Waals surface area contributed by atoms with E-state index in [-0.39, 0.29) is 0 Å². The van der Waals surface area contributed by atoms with Crippen LogP contribution in [0.2, 0.25) is 0 Å². The van der Waals surface area contributed by atoms with E-state index in [0.717, 1.165) is 16.2 Å². The number of carbonyl (C=O) groups is 1. The van der Waals surface area contributed by atoms with Crippen molar-refractivity contribution in [1.29, 1.82) is 0 Å². The maximum Gasteiger partial charge on any atom is 0.169 e. The van der Waals surface area contributed by atoms with Crippen LogP contribution in [0.25, 0.3) is 10.8 Å². The molecule has 2 aromatic heterocycles. The minimum atomic E-state index is 0.497. The molecule has 0 aliphatic heterocycles. The second-order valence-electron chi connectivity index (χ2n) is 2.56. The molecule has 2 heterocycles. The van der Waals surface area contributed by atoms with Crippen molar-refractivity contribution in [2.45, 2.75) is 6.92 Å². The molecular formula is C9H7NO2S. The van der Waals surface area contributed by atoms with Crippen molar-refractivity contribution in [1.82, 2.24) is 4.98 Å². The number of hydrogen-bond donors (Lipinski definition) is 0. The van der Waals surface area contributed by atoms with Crippen LogP contribution < -0.4 is 0 Å². The van der Waals surface area contributed by atoms with E-state index in [4.69, 9.17) is 4.42 Å². The third kappa shape index (κ3) is 1.40. The van der Waals surface area contributed by atoms with E-state index in [1.807, 2.05) is 13.0 Å². The second-order valence-corrected chi connectivity index (χ2v) is 3.76. The molecule has 0 radical (unpaired) electrons. The largest absolute Gasteiger partial charge is 0.462 e. The molecule has 0 N–H and O–H groups in total. The van der Waals surface area contributed by atoms with Gasteiger partial charge >= 0.3 is 0 Å². The first-order valence-electron chi connectivity index (χ1n) is 3.78. The topological polar surface area (TPSA) is 43.1 Å². The van der Waals surface area contributed by atoms with Crippen LogP contribution in [0, 0.1) is 6.92 Å². The Morgan fingerprint density at radius 2 is 2.46 bits per heavy atom. The normalized spacial score (nSPS) is 10.2. The molecule has 13 heavy (non-hydrogen) atoms. The summed E-state index contributed by atoms with van der Waals surface area (Å²) in [7, 11) is 0. The number of aromatic nitrogens is 1. The van der Waals surface area contributed by atoms with E-state index in [1.165, 1.54) is 11.3 Å². The molecule has 0 atom stereocenters. The quantitative estimate of drug-likeness (QED) is 0.688. The van der Waals surface area contributed by atoms with E-state index >= 15 is 0 Å². The number of nitrogens with zero attached hydrogens (tertiary/aromatic N) is 1. The summed E-state index contributed by atoms with van der Waals surface area (Å²) in [6, 6.07) is 3.62. The van der Waals surface area contributed by atoms with Gasteiger partial charge in [0.2, 0.25) is 0 Å². The average molecular weight is 193 g/mol. The molecule has 0 aromatic carbocycles. The van der Waals surface area contributed by atoms with E-state index in [0.29, 0.717) is 11.5 Å². The monoisotopic (exact) mass is 193 g/mol. The zero-order valence-corrected chi connectivity index (χ0v) is 7.80. The van der Waals surface area contributed by atoms with Crippen molar-refractivity contribution in [3.8, 4) is 10.8 Å². The van der Waals surface area contributed by atoms with Gasteiger partial charge in [0.1, 0.15) is 5.69 Å². The smallest absolute Gasteiger partial charge is 0.169 e. The molecule has 2 aromatic rings. The molecule has 0 fully saturated rings. The molecule has 66 valence electrons. The minimum absolute atomic E-state index is 0.497. The van der Waals surface area contributed by atoms with Crippen LogP contribution in [0.5, 0.6) is 0 Å². The molecule has 0 saturated heterocycles.